The Labute approximate surface area is 183 Å². The van der Waals surface area contributed by atoms with Crippen LogP contribution in [0.15, 0.2) is 45.8 Å². The molecule has 0 amide bonds. The largest absolute Gasteiger partial charge is 0.356 e. The first-order chi connectivity index (χ1) is 13.4. The molecule has 0 atom stereocenters. The van der Waals surface area contributed by atoms with Crippen LogP contribution in [0.5, 0.6) is 0 Å². The number of benzene rings is 2. The van der Waals surface area contributed by atoms with Crippen molar-refractivity contribution in [3.05, 3.63) is 56.5 Å². The van der Waals surface area contributed by atoms with Crippen molar-refractivity contribution < 1.29 is 13.2 Å². The lowest BCUT2D eigenvalue weighted by atomic mass is 10.0. The quantitative estimate of drug-likeness (QED) is 0.595. The molecule has 0 N–H and O–H groups in total. The number of nitrogens with zero attached hydrogens (tertiary/aromatic N) is 2. The van der Waals surface area contributed by atoms with Crippen molar-refractivity contribution in [2.45, 2.75) is 30.4 Å². The fraction of sp³-hybridized carbons (Fsp3) is 0.368. The van der Waals surface area contributed by atoms with Crippen LogP contribution in [-0.2, 0) is 21.4 Å². The Bertz CT molecular complexity index is 995. The lowest BCUT2D eigenvalue weighted by Crippen LogP contribution is -2.48. The first-order valence-electron chi connectivity index (χ1n) is 8.94. The highest BCUT2D eigenvalue weighted by molar-refractivity contribution is 9.10. The molecule has 0 radical (unpaired) electrons. The SMILES string of the molecule is O=S(=O)(c1ccc(Cl)c(Cl)c1)N1CCC(N2COCc3cc(Br)ccc32)CC1. The number of rotatable bonds is 3. The van der Waals surface area contributed by atoms with Gasteiger partial charge in [-0.2, -0.15) is 4.31 Å². The molecule has 0 aromatic heterocycles. The van der Waals surface area contributed by atoms with E-state index in [0.717, 1.165) is 22.9 Å². The zero-order valence-corrected chi connectivity index (χ0v) is 18.9. The molecule has 2 aliphatic rings. The van der Waals surface area contributed by atoms with E-state index in [1.54, 1.807) is 0 Å². The fourth-order valence-corrected chi connectivity index (χ4v) is 6.02. The highest BCUT2D eigenvalue weighted by Gasteiger charge is 2.33. The van der Waals surface area contributed by atoms with E-state index >= 15 is 0 Å². The second kappa shape index (κ2) is 8.13. The molecular formula is C19H19BrCl2N2O3S. The molecule has 0 aliphatic carbocycles. The van der Waals surface area contributed by atoms with Gasteiger partial charge in [-0.15, -0.1) is 0 Å². The highest BCUT2D eigenvalue weighted by atomic mass is 79.9. The first-order valence-corrected chi connectivity index (χ1v) is 11.9. The average molecular weight is 506 g/mol. The Hall–Kier alpha value is -0.830. The third-order valence-electron chi connectivity index (χ3n) is 5.23. The number of halogens is 3. The number of hydrogen-bond donors (Lipinski definition) is 0. The van der Waals surface area contributed by atoms with E-state index in [0.29, 0.717) is 31.4 Å². The van der Waals surface area contributed by atoms with Crippen LogP contribution in [0.25, 0.3) is 0 Å². The monoisotopic (exact) mass is 504 g/mol. The molecule has 1 saturated heterocycles. The van der Waals surface area contributed by atoms with Gasteiger partial charge in [-0.1, -0.05) is 39.1 Å². The summed E-state index contributed by atoms with van der Waals surface area (Å²) in [5, 5.41) is 0.584. The van der Waals surface area contributed by atoms with Crippen LogP contribution in [-0.4, -0.2) is 38.6 Å². The summed E-state index contributed by atoms with van der Waals surface area (Å²) in [6, 6.07) is 10.9. The van der Waals surface area contributed by atoms with Crippen molar-refractivity contribution in [2.24, 2.45) is 0 Å². The minimum Gasteiger partial charge on any atom is -0.356 e. The number of anilines is 1. The summed E-state index contributed by atoms with van der Waals surface area (Å²) in [4.78, 5) is 2.42. The van der Waals surface area contributed by atoms with Crippen LogP contribution in [0, 0.1) is 0 Å². The van der Waals surface area contributed by atoms with Crippen LogP contribution in [0.1, 0.15) is 18.4 Å². The number of ether oxygens (including phenoxy) is 1. The van der Waals surface area contributed by atoms with Gasteiger partial charge in [0.1, 0.15) is 6.73 Å². The van der Waals surface area contributed by atoms with Gasteiger partial charge in [-0.3, -0.25) is 0 Å². The van der Waals surface area contributed by atoms with Gasteiger partial charge in [0, 0.05) is 34.9 Å². The first kappa shape index (κ1) is 20.4. The molecule has 4 rings (SSSR count). The van der Waals surface area contributed by atoms with E-state index in [1.165, 1.54) is 28.2 Å². The van der Waals surface area contributed by atoms with E-state index in [2.05, 4.69) is 33.0 Å². The molecule has 0 saturated carbocycles. The summed E-state index contributed by atoms with van der Waals surface area (Å²) >= 11 is 15.4. The van der Waals surface area contributed by atoms with Gasteiger partial charge in [0.2, 0.25) is 10.0 Å². The Morgan fingerprint density at radius 1 is 1.04 bits per heavy atom. The van der Waals surface area contributed by atoms with Crippen LogP contribution >= 0.6 is 39.1 Å². The molecule has 0 bridgehead atoms. The second-order valence-corrected chi connectivity index (χ2v) is 10.6. The van der Waals surface area contributed by atoms with E-state index in [9.17, 15) is 8.42 Å². The maximum atomic E-state index is 13.0. The Morgan fingerprint density at radius 2 is 1.79 bits per heavy atom. The fourth-order valence-electron chi connectivity index (χ4n) is 3.76. The zero-order chi connectivity index (χ0) is 19.9. The molecule has 0 spiro atoms. The number of hydrogen-bond acceptors (Lipinski definition) is 4. The minimum absolute atomic E-state index is 0.178. The van der Waals surface area contributed by atoms with E-state index < -0.39 is 10.0 Å². The van der Waals surface area contributed by atoms with Gasteiger partial charge < -0.3 is 9.64 Å². The number of piperidine rings is 1. The molecule has 5 nitrogen and oxygen atoms in total. The minimum atomic E-state index is -3.59. The van der Waals surface area contributed by atoms with Gasteiger partial charge in [0.15, 0.2) is 0 Å². The van der Waals surface area contributed by atoms with Crippen LogP contribution in [0.3, 0.4) is 0 Å². The summed E-state index contributed by atoms with van der Waals surface area (Å²) in [7, 11) is -3.59. The van der Waals surface area contributed by atoms with Gasteiger partial charge in [-0.05, 0) is 49.2 Å². The molecule has 1 fully saturated rings. The summed E-state index contributed by atoms with van der Waals surface area (Å²) in [5.74, 6) is 0. The number of fused-ring (bicyclic) bond motifs is 1. The summed E-state index contributed by atoms with van der Waals surface area (Å²) in [6.45, 7) is 2.03. The van der Waals surface area contributed by atoms with Crippen LogP contribution in [0.2, 0.25) is 10.0 Å². The molecule has 2 aromatic rings. The molecule has 2 aliphatic heterocycles. The average Bonchev–Trinajstić information content (AvgIpc) is 2.69. The van der Waals surface area contributed by atoms with Crippen molar-refractivity contribution in [2.75, 3.05) is 24.7 Å². The normalized spacial score (nSPS) is 18.9. The summed E-state index contributed by atoms with van der Waals surface area (Å²) < 4.78 is 34.2. The predicted molar refractivity (Wildman–Crippen MR) is 115 cm³/mol. The molecule has 9 heteroatoms. The smallest absolute Gasteiger partial charge is 0.243 e. The van der Waals surface area contributed by atoms with Crippen molar-refractivity contribution in [3.63, 3.8) is 0 Å². The van der Waals surface area contributed by atoms with Crippen LogP contribution in [0.4, 0.5) is 5.69 Å². The van der Waals surface area contributed by atoms with Gasteiger partial charge in [0.05, 0.1) is 21.5 Å². The maximum absolute atomic E-state index is 13.0. The lowest BCUT2D eigenvalue weighted by molar-refractivity contribution is 0.0987. The lowest BCUT2D eigenvalue weighted by Gasteiger charge is -2.41. The standard InChI is InChI=1S/C19H19BrCl2N2O3S/c20-14-1-4-19-13(9-14)11-27-12-24(19)15-5-7-23(8-6-15)28(25,26)16-2-3-17(21)18(22)10-16/h1-4,9-10,15H,5-8,11-12H2. The second-order valence-electron chi connectivity index (χ2n) is 6.93. The molecule has 150 valence electrons. The van der Waals surface area contributed by atoms with E-state index in [1.807, 2.05) is 6.07 Å². The summed E-state index contributed by atoms with van der Waals surface area (Å²) in [5.41, 5.74) is 2.31. The van der Waals surface area contributed by atoms with Crippen molar-refractivity contribution in [3.8, 4) is 0 Å². The molecule has 28 heavy (non-hydrogen) atoms. The summed E-state index contributed by atoms with van der Waals surface area (Å²) in [6.07, 6.45) is 1.47. The maximum Gasteiger partial charge on any atom is 0.243 e. The van der Waals surface area contributed by atoms with E-state index in [4.69, 9.17) is 27.9 Å². The topological polar surface area (TPSA) is 49.9 Å². The van der Waals surface area contributed by atoms with Crippen LogP contribution < -0.4 is 4.90 Å². The van der Waals surface area contributed by atoms with Gasteiger partial charge >= 0.3 is 0 Å². The Kier molecular flexibility index (Phi) is 5.93. The zero-order valence-electron chi connectivity index (χ0n) is 14.9. The third-order valence-corrected chi connectivity index (χ3v) is 8.36. The van der Waals surface area contributed by atoms with Gasteiger partial charge in [-0.25, -0.2) is 8.42 Å². The molecule has 0 unspecified atom stereocenters. The van der Waals surface area contributed by atoms with Crippen molar-refractivity contribution >= 4 is 54.8 Å². The molecular weight excluding hydrogens is 487 g/mol. The predicted octanol–water partition coefficient (Wildman–Crippen LogP) is 4.90. The number of sulfonamides is 1. The molecule has 2 aromatic carbocycles. The Morgan fingerprint density at radius 3 is 2.50 bits per heavy atom. The Balaban J connectivity index is 1.49. The van der Waals surface area contributed by atoms with Crippen molar-refractivity contribution in [1.29, 1.82) is 0 Å². The highest BCUT2D eigenvalue weighted by Crippen LogP contribution is 2.34. The molecule has 2 heterocycles. The van der Waals surface area contributed by atoms with Gasteiger partial charge in [0.25, 0.3) is 0 Å². The third kappa shape index (κ3) is 3.93. The van der Waals surface area contributed by atoms with E-state index in [-0.39, 0.29) is 16.0 Å². The van der Waals surface area contributed by atoms with Crippen molar-refractivity contribution in [1.82, 2.24) is 4.31 Å².